The number of ether oxygens (including phenoxy) is 1. The third-order valence-electron chi connectivity index (χ3n) is 4.51. The molecule has 9 heteroatoms. The maximum absolute atomic E-state index is 14.5. The van der Waals surface area contributed by atoms with Gasteiger partial charge in [-0.25, -0.2) is 14.1 Å². The molecule has 0 aliphatic heterocycles. The summed E-state index contributed by atoms with van der Waals surface area (Å²) >= 11 is 0. The van der Waals surface area contributed by atoms with Crippen molar-refractivity contribution in [2.75, 3.05) is 20.3 Å². The number of nitriles is 1. The molecule has 2 N–H and O–H groups in total. The highest BCUT2D eigenvalue weighted by Gasteiger charge is 2.18. The van der Waals surface area contributed by atoms with E-state index < -0.39 is 11.4 Å². The molecule has 30 heavy (non-hydrogen) atoms. The number of carbonyl (C=O) groups is 1. The van der Waals surface area contributed by atoms with E-state index in [0.29, 0.717) is 30.7 Å². The van der Waals surface area contributed by atoms with Gasteiger partial charge < -0.3 is 10.1 Å². The average molecular weight is 409 g/mol. The van der Waals surface area contributed by atoms with Crippen molar-refractivity contribution in [1.82, 2.24) is 20.1 Å². The third kappa shape index (κ3) is 4.29. The van der Waals surface area contributed by atoms with Gasteiger partial charge in [-0.15, -0.1) is 0 Å². The van der Waals surface area contributed by atoms with Crippen LogP contribution in [0.15, 0.2) is 41.5 Å². The van der Waals surface area contributed by atoms with Crippen molar-refractivity contribution < 1.29 is 13.9 Å². The number of rotatable bonds is 7. The van der Waals surface area contributed by atoms with Crippen molar-refractivity contribution in [2.24, 2.45) is 0 Å². The topological polar surface area (TPSA) is 113 Å². The van der Waals surface area contributed by atoms with Gasteiger partial charge in [0.05, 0.1) is 22.8 Å². The lowest BCUT2D eigenvalue weighted by atomic mass is 10.0. The number of halogens is 1. The molecule has 2 aromatic heterocycles. The molecule has 0 aliphatic rings. The minimum Gasteiger partial charge on any atom is -0.385 e. The highest BCUT2D eigenvalue weighted by molar-refractivity contribution is 5.93. The number of nitrogens with one attached hydrogen (secondary N) is 2. The second-order valence-corrected chi connectivity index (χ2v) is 6.60. The van der Waals surface area contributed by atoms with E-state index in [9.17, 15) is 14.0 Å². The molecular formula is C21H20FN5O3. The molecule has 2 heterocycles. The van der Waals surface area contributed by atoms with Gasteiger partial charge in [-0.3, -0.25) is 14.7 Å². The number of amides is 1. The first-order chi connectivity index (χ1) is 14.5. The van der Waals surface area contributed by atoms with Gasteiger partial charge >= 0.3 is 0 Å². The van der Waals surface area contributed by atoms with Crippen molar-refractivity contribution in [3.05, 3.63) is 69.5 Å². The number of hydrogen-bond acceptors (Lipinski definition) is 5. The average Bonchev–Trinajstić information content (AvgIpc) is 3.11. The standard InChI is InChI=1S/C21H20FN5O3/c1-13-8-14(10-23)9-17(22)19(13)16-12-26-27(21(16)29)18-5-4-15(11-25-18)20(28)24-6-3-7-30-2/h4-5,8-9,11-12,26H,3,6-7H2,1-2H3,(H,24,28). The van der Waals surface area contributed by atoms with Crippen molar-refractivity contribution in [3.63, 3.8) is 0 Å². The molecule has 8 nitrogen and oxygen atoms in total. The van der Waals surface area contributed by atoms with Crippen molar-refractivity contribution >= 4 is 5.91 Å². The lowest BCUT2D eigenvalue weighted by Crippen LogP contribution is -2.25. The van der Waals surface area contributed by atoms with Crippen LogP contribution in [0, 0.1) is 24.1 Å². The summed E-state index contributed by atoms with van der Waals surface area (Å²) in [6, 6.07) is 7.57. The van der Waals surface area contributed by atoms with Crippen LogP contribution >= 0.6 is 0 Å². The Labute approximate surface area is 171 Å². The van der Waals surface area contributed by atoms with Crippen LogP contribution in [0.1, 0.15) is 27.9 Å². The number of aromatic nitrogens is 3. The molecule has 1 amide bonds. The number of aryl methyl sites for hydroxylation is 1. The summed E-state index contributed by atoms with van der Waals surface area (Å²) in [6.45, 7) is 2.66. The Bertz CT molecular complexity index is 1140. The molecular weight excluding hydrogens is 389 g/mol. The van der Waals surface area contributed by atoms with Gasteiger partial charge in [0, 0.05) is 38.2 Å². The zero-order valence-electron chi connectivity index (χ0n) is 16.5. The van der Waals surface area contributed by atoms with E-state index in [4.69, 9.17) is 10.00 Å². The van der Waals surface area contributed by atoms with Crippen LogP contribution in [0.5, 0.6) is 0 Å². The van der Waals surface area contributed by atoms with Gasteiger partial charge in [-0.2, -0.15) is 5.26 Å². The summed E-state index contributed by atoms with van der Waals surface area (Å²) in [7, 11) is 1.59. The number of methoxy groups -OCH3 is 1. The van der Waals surface area contributed by atoms with Crippen LogP contribution in [0.2, 0.25) is 0 Å². The van der Waals surface area contributed by atoms with E-state index in [1.54, 1.807) is 20.1 Å². The number of pyridine rings is 1. The maximum atomic E-state index is 14.5. The summed E-state index contributed by atoms with van der Waals surface area (Å²) in [5.74, 6) is -0.669. The van der Waals surface area contributed by atoms with Gasteiger partial charge in [-0.05, 0) is 43.2 Å². The first kappa shape index (κ1) is 21.0. The van der Waals surface area contributed by atoms with Gasteiger partial charge in [0.2, 0.25) is 0 Å². The summed E-state index contributed by atoms with van der Waals surface area (Å²) < 4.78 is 20.6. The molecule has 0 aliphatic carbocycles. The number of hydrogen-bond donors (Lipinski definition) is 2. The number of benzene rings is 1. The van der Waals surface area contributed by atoms with Crippen molar-refractivity contribution in [3.8, 4) is 23.0 Å². The quantitative estimate of drug-likeness (QED) is 0.582. The van der Waals surface area contributed by atoms with E-state index in [1.165, 1.54) is 24.5 Å². The normalized spacial score (nSPS) is 10.6. The molecule has 3 aromatic rings. The minimum absolute atomic E-state index is 0.122. The molecule has 3 rings (SSSR count). The van der Waals surface area contributed by atoms with Crippen LogP contribution in [-0.4, -0.2) is 40.9 Å². The van der Waals surface area contributed by atoms with Gasteiger partial charge in [0.15, 0.2) is 5.82 Å². The van der Waals surface area contributed by atoms with E-state index in [1.807, 2.05) is 6.07 Å². The Morgan fingerprint density at radius 3 is 2.83 bits per heavy atom. The second-order valence-electron chi connectivity index (χ2n) is 6.60. The zero-order valence-corrected chi connectivity index (χ0v) is 16.5. The Kier molecular flexibility index (Phi) is 6.39. The fraction of sp³-hybridized carbons (Fsp3) is 0.238. The summed E-state index contributed by atoms with van der Waals surface area (Å²) in [4.78, 5) is 29.1. The number of H-pyrrole nitrogens is 1. The van der Waals surface area contributed by atoms with E-state index in [2.05, 4.69) is 15.4 Å². The summed E-state index contributed by atoms with van der Waals surface area (Å²) in [5, 5.41) is 14.5. The second kappa shape index (κ2) is 9.15. The van der Waals surface area contributed by atoms with Crippen LogP contribution < -0.4 is 10.9 Å². The molecule has 0 bridgehead atoms. The van der Waals surface area contributed by atoms with E-state index in [0.717, 1.165) is 10.7 Å². The lowest BCUT2D eigenvalue weighted by molar-refractivity contribution is 0.0948. The maximum Gasteiger partial charge on any atom is 0.280 e. The molecule has 0 radical (unpaired) electrons. The van der Waals surface area contributed by atoms with Gasteiger partial charge in [0.25, 0.3) is 11.5 Å². The molecule has 154 valence electrons. The fourth-order valence-corrected chi connectivity index (χ4v) is 3.04. The molecule has 1 aromatic carbocycles. The minimum atomic E-state index is -0.650. The molecule has 0 saturated heterocycles. The largest absolute Gasteiger partial charge is 0.385 e. The molecule has 0 atom stereocenters. The summed E-state index contributed by atoms with van der Waals surface area (Å²) in [5.41, 5.74) is 0.763. The number of carbonyl (C=O) groups excluding carboxylic acids is 1. The van der Waals surface area contributed by atoms with E-state index in [-0.39, 0.29) is 28.4 Å². The van der Waals surface area contributed by atoms with Gasteiger partial charge in [-0.1, -0.05) is 0 Å². The molecule has 0 fully saturated rings. The fourth-order valence-electron chi connectivity index (χ4n) is 3.04. The predicted octanol–water partition coefficient (Wildman–Crippen LogP) is 2.31. The number of nitrogens with zero attached hydrogens (tertiary/aromatic N) is 3. The van der Waals surface area contributed by atoms with Crippen LogP contribution in [0.4, 0.5) is 4.39 Å². The van der Waals surface area contributed by atoms with Crippen LogP contribution in [0.3, 0.4) is 0 Å². The lowest BCUT2D eigenvalue weighted by Gasteiger charge is -2.06. The smallest absolute Gasteiger partial charge is 0.280 e. The van der Waals surface area contributed by atoms with Gasteiger partial charge in [0.1, 0.15) is 5.82 Å². The van der Waals surface area contributed by atoms with Crippen molar-refractivity contribution in [1.29, 1.82) is 5.26 Å². The predicted molar refractivity (Wildman–Crippen MR) is 108 cm³/mol. The third-order valence-corrected chi connectivity index (χ3v) is 4.51. The Balaban J connectivity index is 1.84. The number of aromatic amines is 1. The Hall–Kier alpha value is -3.77. The SMILES string of the molecule is COCCCNC(=O)c1ccc(-n2[nH]cc(-c3c(C)cc(C#N)cc3F)c2=O)nc1. The first-order valence-electron chi connectivity index (χ1n) is 9.21. The van der Waals surface area contributed by atoms with Crippen molar-refractivity contribution in [2.45, 2.75) is 13.3 Å². The van der Waals surface area contributed by atoms with Crippen LogP contribution in [-0.2, 0) is 4.74 Å². The Morgan fingerprint density at radius 1 is 1.40 bits per heavy atom. The highest BCUT2D eigenvalue weighted by atomic mass is 19.1. The molecule has 0 spiro atoms. The first-order valence-corrected chi connectivity index (χ1v) is 9.21. The molecule has 0 unspecified atom stereocenters. The van der Waals surface area contributed by atoms with E-state index >= 15 is 0 Å². The zero-order chi connectivity index (χ0) is 21.7. The monoisotopic (exact) mass is 409 g/mol. The van der Waals surface area contributed by atoms with Crippen LogP contribution in [0.25, 0.3) is 16.9 Å². The summed E-state index contributed by atoms with van der Waals surface area (Å²) in [6.07, 6.45) is 3.44. The highest BCUT2D eigenvalue weighted by Crippen LogP contribution is 2.25. The Morgan fingerprint density at radius 2 is 2.20 bits per heavy atom. The molecule has 0 saturated carbocycles.